The Bertz CT molecular complexity index is 700. The van der Waals surface area contributed by atoms with Gasteiger partial charge in [-0.05, 0) is 36.5 Å². The first-order chi connectivity index (χ1) is 12.4. The van der Waals surface area contributed by atoms with Gasteiger partial charge in [0.15, 0.2) is 19.8 Å². The lowest BCUT2D eigenvalue weighted by Crippen LogP contribution is -2.46. The van der Waals surface area contributed by atoms with Crippen LogP contribution in [0, 0.1) is 5.92 Å². The van der Waals surface area contributed by atoms with Gasteiger partial charge >= 0.3 is 0 Å². The molecule has 1 aromatic carbocycles. The van der Waals surface area contributed by atoms with Gasteiger partial charge in [-0.1, -0.05) is 27.7 Å². The zero-order chi connectivity index (χ0) is 20.6. The van der Waals surface area contributed by atoms with Crippen molar-refractivity contribution in [2.75, 3.05) is 26.0 Å². The lowest BCUT2D eigenvalue weighted by Gasteiger charge is -2.38. The summed E-state index contributed by atoms with van der Waals surface area (Å²) < 4.78 is 11.5. The van der Waals surface area contributed by atoms with E-state index in [4.69, 9.17) is 14.9 Å². The van der Waals surface area contributed by atoms with Gasteiger partial charge in [0.1, 0.15) is 0 Å². The van der Waals surface area contributed by atoms with E-state index in [1.54, 1.807) is 0 Å². The summed E-state index contributed by atoms with van der Waals surface area (Å²) in [5.41, 5.74) is 6.62. The van der Waals surface area contributed by atoms with Crippen LogP contribution in [-0.2, 0) is 4.43 Å². The molecule has 1 saturated heterocycles. The van der Waals surface area contributed by atoms with Gasteiger partial charge in [-0.25, -0.2) is 0 Å². The van der Waals surface area contributed by atoms with Crippen molar-refractivity contribution in [3.63, 3.8) is 0 Å². The normalized spacial score (nSPS) is 20.8. The van der Waals surface area contributed by atoms with Gasteiger partial charge in [0.05, 0.1) is 25.3 Å². The molecular weight excluding hydrogens is 360 g/mol. The maximum Gasteiger partial charge on any atom is 0.256 e. The molecule has 0 aliphatic carbocycles. The summed E-state index contributed by atoms with van der Waals surface area (Å²) in [5, 5.41) is 9.99. The van der Waals surface area contributed by atoms with Crippen LogP contribution in [0.1, 0.15) is 44.5 Å². The number of nitrogen functional groups attached to an aromatic ring is 1. The van der Waals surface area contributed by atoms with Crippen molar-refractivity contribution in [2.24, 2.45) is 5.92 Å². The Balaban J connectivity index is 2.22. The number of amides is 1. The zero-order valence-corrected chi connectivity index (χ0v) is 18.6. The van der Waals surface area contributed by atoms with Gasteiger partial charge in [0.25, 0.3) is 5.91 Å². The van der Waals surface area contributed by atoms with Crippen LogP contribution < -0.4 is 10.5 Å². The van der Waals surface area contributed by atoms with E-state index in [-0.39, 0.29) is 34.2 Å². The smallest absolute Gasteiger partial charge is 0.256 e. The number of hydrogen-bond donors (Lipinski definition) is 2. The fraction of sp³-hybridized carbons (Fsp3) is 0.650. The third-order valence-corrected chi connectivity index (χ3v) is 10.4. The monoisotopic (exact) mass is 394 g/mol. The zero-order valence-electron chi connectivity index (χ0n) is 17.6. The number of carbonyl (C=O) groups is 1. The second-order valence-electron chi connectivity index (χ2n) is 9.13. The number of methoxy groups -OCH3 is 1. The summed E-state index contributed by atoms with van der Waals surface area (Å²) in [6, 6.07) is 2.91. The molecule has 0 bridgehead atoms. The van der Waals surface area contributed by atoms with Gasteiger partial charge in [0.2, 0.25) is 0 Å². The van der Waals surface area contributed by atoms with Gasteiger partial charge in [-0.3, -0.25) is 4.79 Å². The third kappa shape index (κ3) is 4.58. The van der Waals surface area contributed by atoms with Gasteiger partial charge < -0.3 is 24.9 Å². The minimum absolute atomic E-state index is 0.0285. The van der Waals surface area contributed by atoms with E-state index in [0.29, 0.717) is 24.6 Å². The maximum atomic E-state index is 13.2. The molecule has 27 heavy (non-hydrogen) atoms. The highest BCUT2D eigenvalue weighted by molar-refractivity contribution is 6.74. The number of likely N-dealkylation sites (tertiary alicyclic amines) is 1. The van der Waals surface area contributed by atoms with Crippen LogP contribution in [0.3, 0.4) is 0 Å². The Morgan fingerprint density at radius 3 is 2.56 bits per heavy atom. The molecule has 0 spiro atoms. The number of anilines is 1. The molecule has 2 atom stereocenters. The molecule has 3 N–H and O–H groups in total. The Hall–Kier alpha value is -1.73. The first-order valence-electron chi connectivity index (χ1n) is 9.48. The van der Waals surface area contributed by atoms with Crippen molar-refractivity contribution < 1.29 is 19.1 Å². The van der Waals surface area contributed by atoms with E-state index in [1.807, 2.05) is 4.90 Å². The molecule has 1 fully saturated rings. The first kappa shape index (κ1) is 21.6. The van der Waals surface area contributed by atoms with E-state index < -0.39 is 8.32 Å². The van der Waals surface area contributed by atoms with Gasteiger partial charge in [-0.15, -0.1) is 0 Å². The second kappa shape index (κ2) is 7.71. The second-order valence-corrected chi connectivity index (χ2v) is 13.9. The van der Waals surface area contributed by atoms with Crippen molar-refractivity contribution in [2.45, 2.75) is 58.3 Å². The molecule has 1 heterocycles. The summed E-state index contributed by atoms with van der Waals surface area (Å²) in [6.07, 6.45) is 0.912. The summed E-state index contributed by atoms with van der Waals surface area (Å²) in [4.78, 5) is 15.1. The fourth-order valence-electron chi connectivity index (χ4n) is 3.17. The molecule has 1 aliphatic rings. The summed E-state index contributed by atoms with van der Waals surface area (Å²) in [5.74, 6) is 0.439. The molecular formula is C20H34N2O4Si. The molecule has 2 unspecified atom stereocenters. The highest BCUT2D eigenvalue weighted by Gasteiger charge is 2.40. The minimum Gasteiger partial charge on any atom is -0.504 e. The number of rotatable bonds is 5. The lowest BCUT2D eigenvalue weighted by atomic mass is 10.1. The number of aromatic hydroxyl groups is 1. The highest BCUT2D eigenvalue weighted by Crippen LogP contribution is 2.38. The Morgan fingerprint density at radius 1 is 1.37 bits per heavy atom. The number of carbonyl (C=O) groups excluding carboxylic acids is 1. The highest BCUT2D eigenvalue weighted by atomic mass is 28.4. The largest absolute Gasteiger partial charge is 0.504 e. The van der Waals surface area contributed by atoms with E-state index >= 15 is 0 Å². The number of benzene rings is 1. The number of phenolic OH excluding ortho intramolecular Hbond substituents is 1. The summed E-state index contributed by atoms with van der Waals surface area (Å²) in [7, 11) is -0.435. The minimum atomic E-state index is -1.89. The molecule has 0 aromatic heterocycles. The molecule has 0 saturated carbocycles. The van der Waals surface area contributed by atoms with Crippen LogP contribution in [0.4, 0.5) is 5.69 Å². The van der Waals surface area contributed by atoms with Crippen LogP contribution in [0.5, 0.6) is 11.5 Å². The molecule has 1 aliphatic heterocycles. The fourth-order valence-corrected chi connectivity index (χ4v) is 4.21. The Morgan fingerprint density at radius 2 is 2.00 bits per heavy atom. The van der Waals surface area contributed by atoms with Crippen LogP contribution in [0.2, 0.25) is 18.1 Å². The standard InChI is InChI=1S/C20H34N2O4Si/c1-13-8-14(12-26-27(6,7)20(2,3)4)22(11-13)19(24)15-9-18(25-5)17(23)10-16(15)21/h9-10,13-14,23H,8,11-12,21H2,1-7H3. The van der Waals surface area contributed by atoms with Crippen molar-refractivity contribution in [3.8, 4) is 11.5 Å². The molecule has 0 radical (unpaired) electrons. The predicted molar refractivity (Wildman–Crippen MR) is 111 cm³/mol. The number of nitrogens with zero attached hydrogens (tertiary/aromatic N) is 1. The molecule has 6 nitrogen and oxygen atoms in total. The Kier molecular flexibility index (Phi) is 6.16. The van der Waals surface area contributed by atoms with Gasteiger partial charge in [0, 0.05) is 18.3 Å². The van der Waals surface area contributed by atoms with Gasteiger partial charge in [-0.2, -0.15) is 0 Å². The van der Waals surface area contributed by atoms with Crippen LogP contribution in [-0.4, -0.2) is 50.5 Å². The van der Waals surface area contributed by atoms with Crippen LogP contribution >= 0.6 is 0 Å². The van der Waals surface area contributed by atoms with Crippen LogP contribution in [0.25, 0.3) is 0 Å². The molecule has 2 rings (SSSR count). The average Bonchev–Trinajstić information content (AvgIpc) is 2.92. The molecule has 1 amide bonds. The predicted octanol–water partition coefficient (Wildman–Crippen LogP) is 3.86. The first-order valence-corrected chi connectivity index (χ1v) is 12.4. The number of nitrogens with two attached hydrogens (primary N) is 1. The lowest BCUT2D eigenvalue weighted by molar-refractivity contribution is 0.0682. The Labute approximate surface area is 163 Å². The number of phenols is 1. The van der Waals surface area contributed by atoms with E-state index in [0.717, 1.165) is 6.42 Å². The van der Waals surface area contributed by atoms with Crippen molar-refractivity contribution in [1.29, 1.82) is 0 Å². The van der Waals surface area contributed by atoms with E-state index in [2.05, 4.69) is 40.8 Å². The SMILES string of the molecule is COc1cc(C(=O)N2CC(C)CC2CO[Si](C)(C)C(C)(C)C)c(N)cc1O. The molecule has 152 valence electrons. The quantitative estimate of drug-likeness (QED) is 0.585. The number of ether oxygens (including phenoxy) is 1. The average molecular weight is 395 g/mol. The summed E-state index contributed by atoms with van der Waals surface area (Å²) >= 11 is 0. The molecule has 7 heteroatoms. The number of hydrogen-bond acceptors (Lipinski definition) is 5. The van der Waals surface area contributed by atoms with E-state index in [1.165, 1.54) is 19.2 Å². The van der Waals surface area contributed by atoms with Crippen molar-refractivity contribution in [3.05, 3.63) is 17.7 Å². The third-order valence-electron chi connectivity index (χ3n) is 5.91. The van der Waals surface area contributed by atoms with E-state index in [9.17, 15) is 9.90 Å². The van der Waals surface area contributed by atoms with Crippen molar-refractivity contribution in [1.82, 2.24) is 4.90 Å². The maximum absolute atomic E-state index is 13.2. The van der Waals surface area contributed by atoms with Crippen molar-refractivity contribution >= 4 is 19.9 Å². The van der Waals surface area contributed by atoms with Crippen LogP contribution in [0.15, 0.2) is 12.1 Å². The molecule has 1 aromatic rings. The summed E-state index contributed by atoms with van der Waals surface area (Å²) in [6.45, 7) is 14.4. The topological polar surface area (TPSA) is 85.0 Å².